The molecule has 5 heteroatoms. The summed E-state index contributed by atoms with van der Waals surface area (Å²) in [6.45, 7) is 1.40. The summed E-state index contributed by atoms with van der Waals surface area (Å²) in [7, 11) is 1.54. The molecule has 0 bridgehead atoms. The number of amides is 1. The maximum Gasteiger partial charge on any atom is 0.254 e. The highest BCUT2D eigenvalue weighted by molar-refractivity contribution is 5.94. The van der Waals surface area contributed by atoms with E-state index >= 15 is 0 Å². The Kier molecular flexibility index (Phi) is 3.58. The number of nitrogens with zero attached hydrogens (tertiary/aromatic N) is 2. The summed E-state index contributed by atoms with van der Waals surface area (Å²) in [4.78, 5) is 18.0. The first-order valence-electron chi connectivity index (χ1n) is 5.75. The number of hydrogen-bond donors (Lipinski definition) is 1. The van der Waals surface area contributed by atoms with Crippen LogP contribution in [0.15, 0.2) is 18.3 Å². The highest BCUT2D eigenvalue weighted by Gasteiger charge is 2.22. The third-order valence-electron chi connectivity index (χ3n) is 2.94. The van der Waals surface area contributed by atoms with E-state index in [1.807, 2.05) is 0 Å². The van der Waals surface area contributed by atoms with E-state index in [1.165, 1.54) is 7.11 Å². The molecular formula is C12H17N3O2. The summed E-state index contributed by atoms with van der Waals surface area (Å²) in [6, 6.07) is 3.45. The summed E-state index contributed by atoms with van der Waals surface area (Å²) in [5, 5.41) is 0. The van der Waals surface area contributed by atoms with E-state index in [9.17, 15) is 4.79 Å². The van der Waals surface area contributed by atoms with Crippen molar-refractivity contribution in [3.8, 4) is 5.88 Å². The molecule has 17 heavy (non-hydrogen) atoms. The van der Waals surface area contributed by atoms with E-state index in [-0.39, 0.29) is 11.9 Å². The van der Waals surface area contributed by atoms with Gasteiger partial charge in [-0.1, -0.05) is 0 Å². The number of aromatic nitrogens is 1. The average Bonchev–Trinajstić information content (AvgIpc) is 2.38. The molecule has 0 saturated carbocycles. The summed E-state index contributed by atoms with van der Waals surface area (Å²) in [6.07, 6.45) is 3.54. The van der Waals surface area contributed by atoms with Crippen molar-refractivity contribution >= 4 is 5.91 Å². The van der Waals surface area contributed by atoms with Crippen LogP contribution >= 0.6 is 0 Å². The number of pyridine rings is 1. The van der Waals surface area contributed by atoms with Crippen LogP contribution in [0.2, 0.25) is 0 Å². The van der Waals surface area contributed by atoms with Crippen molar-refractivity contribution in [1.29, 1.82) is 0 Å². The fourth-order valence-corrected chi connectivity index (χ4v) is 2.03. The van der Waals surface area contributed by atoms with Crippen LogP contribution in [-0.2, 0) is 0 Å². The number of likely N-dealkylation sites (tertiary alicyclic amines) is 1. The van der Waals surface area contributed by atoms with Crippen LogP contribution in [0.25, 0.3) is 0 Å². The van der Waals surface area contributed by atoms with E-state index in [0.717, 1.165) is 19.4 Å². The Balaban J connectivity index is 2.12. The lowest BCUT2D eigenvalue weighted by atomic mass is 10.1. The van der Waals surface area contributed by atoms with E-state index in [2.05, 4.69) is 4.98 Å². The normalized spacial score (nSPS) is 20.1. The van der Waals surface area contributed by atoms with Crippen molar-refractivity contribution in [2.24, 2.45) is 5.73 Å². The second-order valence-corrected chi connectivity index (χ2v) is 4.24. The van der Waals surface area contributed by atoms with Gasteiger partial charge in [0.25, 0.3) is 5.91 Å². The number of carbonyl (C=O) groups is 1. The van der Waals surface area contributed by atoms with Crippen molar-refractivity contribution in [2.45, 2.75) is 18.9 Å². The fourth-order valence-electron chi connectivity index (χ4n) is 2.03. The molecule has 2 heterocycles. The Bertz CT molecular complexity index is 408. The lowest BCUT2D eigenvalue weighted by Gasteiger charge is -2.30. The van der Waals surface area contributed by atoms with Gasteiger partial charge in [-0.25, -0.2) is 4.98 Å². The van der Waals surface area contributed by atoms with Crippen molar-refractivity contribution in [3.63, 3.8) is 0 Å². The smallest absolute Gasteiger partial charge is 0.254 e. The monoisotopic (exact) mass is 235 g/mol. The van der Waals surface area contributed by atoms with Gasteiger partial charge in [-0.05, 0) is 18.9 Å². The summed E-state index contributed by atoms with van der Waals surface area (Å²) in [5.74, 6) is 0.456. The van der Waals surface area contributed by atoms with Gasteiger partial charge in [-0.15, -0.1) is 0 Å². The predicted molar refractivity (Wildman–Crippen MR) is 63.9 cm³/mol. The van der Waals surface area contributed by atoms with Gasteiger partial charge in [-0.2, -0.15) is 0 Å². The molecule has 5 nitrogen and oxygen atoms in total. The number of ether oxygens (including phenoxy) is 1. The van der Waals surface area contributed by atoms with Crippen LogP contribution in [0.5, 0.6) is 5.88 Å². The molecule has 1 amide bonds. The zero-order chi connectivity index (χ0) is 12.3. The standard InChI is InChI=1S/C12H17N3O2/c1-17-11-7-9(4-5-14-11)12(16)15-6-2-3-10(13)8-15/h4-5,7,10H,2-3,6,8,13H2,1H3/t10-/m0/s1. The third-order valence-corrected chi connectivity index (χ3v) is 2.94. The second-order valence-electron chi connectivity index (χ2n) is 4.24. The fraction of sp³-hybridized carbons (Fsp3) is 0.500. The van der Waals surface area contributed by atoms with Gasteiger partial charge in [0, 0.05) is 37.0 Å². The molecule has 0 aromatic carbocycles. The largest absolute Gasteiger partial charge is 0.481 e. The Morgan fingerprint density at radius 3 is 3.18 bits per heavy atom. The van der Waals surface area contributed by atoms with E-state index in [4.69, 9.17) is 10.5 Å². The van der Waals surface area contributed by atoms with Gasteiger partial charge in [0.1, 0.15) is 0 Å². The first-order chi connectivity index (χ1) is 8.20. The summed E-state index contributed by atoms with van der Waals surface area (Å²) < 4.78 is 5.01. The highest BCUT2D eigenvalue weighted by atomic mass is 16.5. The minimum absolute atomic E-state index is 0.000787. The van der Waals surface area contributed by atoms with Gasteiger partial charge in [0.2, 0.25) is 5.88 Å². The van der Waals surface area contributed by atoms with Crippen molar-refractivity contribution < 1.29 is 9.53 Å². The maximum absolute atomic E-state index is 12.2. The minimum atomic E-state index is 0.000787. The molecule has 1 aromatic rings. The van der Waals surface area contributed by atoms with Crippen LogP contribution in [0, 0.1) is 0 Å². The lowest BCUT2D eigenvalue weighted by molar-refractivity contribution is 0.0708. The van der Waals surface area contributed by atoms with Gasteiger partial charge < -0.3 is 15.4 Å². The lowest BCUT2D eigenvalue weighted by Crippen LogP contribution is -2.45. The molecule has 0 radical (unpaired) electrons. The Labute approximate surface area is 101 Å². The topological polar surface area (TPSA) is 68.5 Å². The highest BCUT2D eigenvalue weighted by Crippen LogP contribution is 2.15. The number of piperidine rings is 1. The van der Waals surface area contributed by atoms with Gasteiger partial charge in [-0.3, -0.25) is 4.79 Å². The SMILES string of the molecule is COc1cc(C(=O)N2CCC[C@H](N)C2)ccn1. The predicted octanol–water partition coefficient (Wildman–Crippen LogP) is 0.653. The first-order valence-corrected chi connectivity index (χ1v) is 5.75. The summed E-state index contributed by atoms with van der Waals surface area (Å²) >= 11 is 0. The van der Waals surface area contributed by atoms with Crippen molar-refractivity contribution in [3.05, 3.63) is 23.9 Å². The quantitative estimate of drug-likeness (QED) is 0.817. The number of methoxy groups -OCH3 is 1. The van der Waals surface area contributed by atoms with Gasteiger partial charge in [0.15, 0.2) is 0 Å². The zero-order valence-electron chi connectivity index (χ0n) is 9.93. The molecule has 1 aromatic heterocycles. The number of nitrogens with two attached hydrogens (primary N) is 1. The van der Waals surface area contributed by atoms with Crippen LogP contribution in [0.3, 0.4) is 0 Å². The van der Waals surface area contributed by atoms with Crippen molar-refractivity contribution in [2.75, 3.05) is 20.2 Å². The van der Waals surface area contributed by atoms with E-state index in [0.29, 0.717) is 18.0 Å². The molecule has 92 valence electrons. The second kappa shape index (κ2) is 5.14. The van der Waals surface area contributed by atoms with Crippen LogP contribution in [-0.4, -0.2) is 42.0 Å². The molecule has 1 fully saturated rings. The van der Waals surface area contributed by atoms with Gasteiger partial charge in [0.05, 0.1) is 7.11 Å². The van der Waals surface area contributed by atoms with Crippen LogP contribution < -0.4 is 10.5 Å². The molecular weight excluding hydrogens is 218 g/mol. The minimum Gasteiger partial charge on any atom is -0.481 e. The molecule has 0 unspecified atom stereocenters. The molecule has 1 saturated heterocycles. The Morgan fingerprint density at radius 1 is 1.65 bits per heavy atom. The molecule has 0 spiro atoms. The Morgan fingerprint density at radius 2 is 2.47 bits per heavy atom. The third kappa shape index (κ3) is 2.74. The summed E-state index contributed by atoms with van der Waals surface area (Å²) in [5.41, 5.74) is 6.47. The molecule has 1 atom stereocenters. The van der Waals surface area contributed by atoms with Gasteiger partial charge >= 0.3 is 0 Å². The van der Waals surface area contributed by atoms with Crippen molar-refractivity contribution in [1.82, 2.24) is 9.88 Å². The molecule has 1 aliphatic heterocycles. The maximum atomic E-state index is 12.2. The number of rotatable bonds is 2. The molecule has 2 rings (SSSR count). The number of hydrogen-bond acceptors (Lipinski definition) is 4. The van der Waals surface area contributed by atoms with Crippen LogP contribution in [0.1, 0.15) is 23.2 Å². The average molecular weight is 235 g/mol. The first kappa shape index (κ1) is 11.9. The molecule has 2 N–H and O–H groups in total. The Hall–Kier alpha value is -1.62. The molecule has 1 aliphatic rings. The van der Waals surface area contributed by atoms with Crippen LogP contribution in [0.4, 0.5) is 0 Å². The van der Waals surface area contributed by atoms with E-state index < -0.39 is 0 Å². The zero-order valence-corrected chi connectivity index (χ0v) is 9.93. The van der Waals surface area contributed by atoms with E-state index in [1.54, 1.807) is 23.2 Å². The number of carbonyl (C=O) groups excluding carboxylic acids is 1. The molecule has 0 aliphatic carbocycles.